The van der Waals surface area contributed by atoms with Crippen LogP contribution in [0.1, 0.15) is 146 Å². The standard InChI is InChI=1S/C29H37.2C10H13.C7H9.CH2.2ClH.Zr/c1-18-25-22-17-19-13-9-10-14-20(19)24(22)21-15-11-12-16-23(21)29(25,8)28(6,7)27(4,5)26(18,2)3;2*1-10(2,3)9-7-5-4-6-8-9;1-6-3-4-7(2)5-6;;;;/h9-11,13-15,23H,12,16-17H2,1-8H3;2*5-8H,1-3H3;3,5,7H,1-2H3;1H2;2*1H;/q4*-1;;;;. The van der Waals surface area contributed by atoms with Crippen LogP contribution in [0.15, 0.2) is 119 Å². The van der Waals surface area contributed by atoms with Gasteiger partial charge < -0.3 is 0 Å². The Labute approximate surface area is 396 Å². The zero-order valence-electron chi connectivity index (χ0n) is 40.0. The first-order valence-corrected chi connectivity index (χ1v) is 23.4. The van der Waals surface area contributed by atoms with Gasteiger partial charge in [0.2, 0.25) is 0 Å². The second kappa shape index (κ2) is 20.8. The van der Waals surface area contributed by atoms with E-state index in [0.29, 0.717) is 11.8 Å². The minimum absolute atomic E-state index is 0. The Balaban J connectivity index is 0.000000328. The topological polar surface area (TPSA) is 0 Å². The van der Waals surface area contributed by atoms with E-state index in [1.165, 1.54) is 64.9 Å². The first-order valence-electron chi connectivity index (χ1n) is 21.6. The van der Waals surface area contributed by atoms with Gasteiger partial charge in [0.15, 0.2) is 0 Å². The molecule has 0 heterocycles. The number of hydrogen-bond donors (Lipinski definition) is 0. The van der Waals surface area contributed by atoms with Crippen molar-refractivity contribution in [2.24, 2.45) is 33.5 Å². The van der Waals surface area contributed by atoms with Crippen molar-refractivity contribution in [2.75, 3.05) is 0 Å². The second-order valence-electron chi connectivity index (χ2n) is 20.8. The third-order valence-corrected chi connectivity index (χ3v) is 15.0. The van der Waals surface area contributed by atoms with Crippen LogP contribution in [0.3, 0.4) is 0 Å². The van der Waals surface area contributed by atoms with E-state index in [1.807, 2.05) is 30.3 Å². The van der Waals surface area contributed by atoms with Crippen LogP contribution < -0.4 is 0 Å². The van der Waals surface area contributed by atoms with Crippen LogP contribution in [0.2, 0.25) is 0 Å². The second-order valence-corrected chi connectivity index (χ2v) is 20.8. The van der Waals surface area contributed by atoms with Gasteiger partial charge in [-0.15, -0.1) is 38.7 Å². The fourth-order valence-corrected chi connectivity index (χ4v) is 10.1. The monoisotopic (exact) mass is 920 g/mol. The first-order chi connectivity index (χ1) is 27.0. The Bertz CT molecular complexity index is 1970. The summed E-state index contributed by atoms with van der Waals surface area (Å²) in [4.78, 5) is 0. The van der Waals surface area contributed by atoms with Crippen LogP contribution >= 0.6 is 24.8 Å². The van der Waals surface area contributed by atoms with Gasteiger partial charge in [-0.05, 0) is 51.4 Å². The molecular formula is C57H76Cl2Zr-4. The Kier molecular flexibility index (Phi) is 18.6. The van der Waals surface area contributed by atoms with Crippen molar-refractivity contribution in [1.82, 2.24) is 0 Å². The van der Waals surface area contributed by atoms with Gasteiger partial charge in [0, 0.05) is 0 Å². The molecule has 0 amide bonds. The van der Waals surface area contributed by atoms with E-state index in [1.54, 1.807) is 28.2 Å². The van der Waals surface area contributed by atoms with Gasteiger partial charge in [-0.2, -0.15) is 89.0 Å². The molecule has 3 unspecified atom stereocenters. The molecule has 0 nitrogen and oxygen atoms in total. The Hall–Kier alpha value is -2.44. The molecule has 5 aliphatic rings. The fraction of sp³-hybridized carbons (Fsp3) is 0.474. The van der Waals surface area contributed by atoms with Crippen LogP contribution in [-0.4, -0.2) is 4.21 Å². The van der Waals surface area contributed by atoms with E-state index < -0.39 is 0 Å². The van der Waals surface area contributed by atoms with Gasteiger partial charge in [0.1, 0.15) is 0 Å². The van der Waals surface area contributed by atoms with Crippen molar-refractivity contribution in [2.45, 2.75) is 141 Å². The Morgan fingerprint density at radius 3 is 1.67 bits per heavy atom. The summed E-state index contributed by atoms with van der Waals surface area (Å²) in [6.45, 7) is 37.8. The zero-order chi connectivity index (χ0) is 43.5. The molecule has 3 atom stereocenters. The van der Waals surface area contributed by atoms with Gasteiger partial charge in [0.05, 0.1) is 0 Å². The Morgan fingerprint density at radius 2 is 1.25 bits per heavy atom. The van der Waals surface area contributed by atoms with Gasteiger partial charge in [-0.1, -0.05) is 168 Å². The molecule has 0 saturated heterocycles. The van der Waals surface area contributed by atoms with Crippen molar-refractivity contribution < 1.29 is 24.2 Å². The van der Waals surface area contributed by atoms with Gasteiger partial charge >= 0.3 is 28.4 Å². The third-order valence-electron chi connectivity index (χ3n) is 15.0. The molecule has 0 aromatic heterocycles. The minimum atomic E-state index is 0. The van der Waals surface area contributed by atoms with Crippen LogP contribution in [0, 0.1) is 57.6 Å². The summed E-state index contributed by atoms with van der Waals surface area (Å²) in [5.41, 5.74) is 14.9. The molecule has 1 fully saturated rings. The number of hydrogen-bond acceptors (Lipinski definition) is 0. The zero-order valence-corrected chi connectivity index (χ0v) is 44.1. The normalized spacial score (nSPS) is 23.2. The molecule has 5 aliphatic carbocycles. The van der Waals surface area contributed by atoms with E-state index in [2.05, 4.69) is 200 Å². The van der Waals surface area contributed by atoms with Crippen molar-refractivity contribution in [1.29, 1.82) is 0 Å². The molecule has 60 heavy (non-hydrogen) atoms. The van der Waals surface area contributed by atoms with E-state index in [9.17, 15) is 0 Å². The van der Waals surface area contributed by atoms with Crippen molar-refractivity contribution in [3.63, 3.8) is 0 Å². The van der Waals surface area contributed by atoms with Gasteiger partial charge in [-0.3, -0.25) is 6.08 Å². The van der Waals surface area contributed by atoms with Crippen LogP contribution in [0.5, 0.6) is 0 Å². The third kappa shape index (κ3) is 10.5. The summed E-state index contributed by atoms with van der Waals surface area (Å²) in [6.07, 6.45) is 15.9. The van der Waals surface area contributed by atoms with Crippen molar-refractivity contribution in [3.8, 4) is 0 Å². The molecule has 0 N–H and O–H groups in total. The number of halogens is 2. The molecule has 3 aromatic carbocycles. The summed E-state index contributed by atoms with van der Waals surface area (Å²) < 4.78 is 3.34. The summed E-state index contributed by atoms with van der Waals surface area (Å²) in [7, 11) is 0. The molecule has 0 spiro atoms. The molecular weight excluding hydrogens is 847 g/mol. The van der Waals surface area contributed by atoms with Crippen LogP contribution in [0.4, 0.5) is 0 Å². The predicted molar refractivity (Wildman–Crippen MR) is 265 cm³/mol. The van der Waals surface area contributed by atoms with E-state index in [0.717, 1.165) is 6.42 Å². The van der Waals surface area contributed by atoms with E-state index in [-0.39, 0.29) is 57.3 Å². The predicted octanol–water partition coefficient (Wildman–Crippen LogP) is 16.3. The average Bonchev–Trinajstić information content (AvgIpc) is 3.77. The Morgan fingerprint density at radius 1 is 0.750 bits per heavy atom. The SMILES string of the molecule is CC(C)(C)c1cc[c-]cc1.CC(C)(C)c1cc[c-]cc1.CC1=CC(C)[C-]=C1.C[C-]1C2=C3Cc4ccccc4C3=C3C=CCCC3C2(C)C(C)(C)C(C)(C)C1(C)C.Cl.Cl.[CH2]=[Zr]. The molecule has 3 heteroatoms. The summed E-state index contributed by atoms with van der Waals surface area (Å²) in [5, 5.41) is 0. The summed E-state index contributed by atoms with van der Waals surface area (Å²) in [5.74, 6) is 2.80. The molecule has 0 bridgehead atoms. The number of rotatable bonds is 0. The number of fused-ring (bicyclic) bond motifs is 6. The first kappa shape index (κ1) is 53.7. The maximum atomic E-state index is 3.34. The van der Waals surface area contributed by atoms with E-state index >= 15 is 0 Å². The average molecular weight is 923 g/mol. The number of benzene rings is 3. The summed E-state index contributed by atoms with van der Waals surface area (Å²) in [6, 6.07) is 31.5. The van der Waals surface area contributed by atoms with Gasteiger partial charge in [0.25, 0.3) is 0 Å². The molecule has 0 radical (unpaired) electrons. The van der Waals surface area contributed by atoms with Crippen LogP contribution in [0.25, 0.3) is 5.57 Å². The van der Waals surface area contributed by atoms with Gasteiger partial charge in [-0.25, -0.2) is 17.6 Å². The molecule has 1 saturated carbocycles. The molecule has 8 rings (SSSR count). The molecule has 326 valence electrons. The quantitative estimate of drug-likeness (QED) is 0.197. The van der Waals surface area contributed by atoms with E-state index in [4.69, 9.17) is 0 Å². The molecule has 3 aromatic rings. The van der Waals surface area contributed by atoms with Crippen molar-refractivity contribution >= 4 is 34.6 Å². The fourth-order valence-electron chi connectivity index (χ4n) is 10.1. The molecule has 0 aliphatic heterocycles. The van der Waals surface area contributed by atoms with Crippen LogP contribution in [-0.2, 0) is 41.5 Å². The number of allylic oxidation sites excluding steroid dienone is 10. The summed E-state index contributed by atoms with van der Waals surface area (Å²) >= 11 is 1.30. The van der Waals surface area contributed by atoms with Crippen molar-refractivity contribution in [3.05, 3.63) is 166 Å². The maximum absolute atomic E-state index is 3.34.